The standard InChI is InChI=1S/C13H28N4O3/c1-11(2)10-19-16-8-7-12(9-16)20-14-17(18)15(6)13(3,4)5/h11-12H,7-10H2,1-6H3. The van der Waals surface area contributed by atoms with Gasteiger partial charge in [-0.1, -0.05) is 13.8 Å². The Kier molecular flexibility index (Phi) is 6.01. The first kappa shape index (κ1) is 17.0. The summed E-state index contributed by atoms with van der Waals surface area (Å²) in [5, 5.41) is 18.7. The van der Waals surface area contributed by atoms with E-state index in [1.165, 1.54) is 5.01 Å². The highest BCUT2D eigenvalue weighted by Gasteiger charge is 2.28. The van der Waals surface area contributed by atoms with Crippen molar-refractivity contribution in [2.45, 2.75) is 52.7 Å². The monoisotopic (exact) mass is 288 g/mol. The summed E-state index contributed by atoms with van der Waals surface area (Å²) in [6.45, 7) is 12.2. The molecule has 1 aliphatic rings. The van der Waals surface area contributed by atoms with Crippen LogP contribution in [0, 0.1) is 11.1 Å². The second kappa shape index (κ2) is 7.08. The molecule has 1 fully saturated rings. The minimum Gasteiger partial charge on any atom is -0.569 e. The minimum absolute atomic E-state index is 0.0908. The second-order valence-electron chi connectivity index (χ2n) is 6.62. The van der Waals surface area contributed by atoms with E-state index in [1.807, 2.05) is 25.8 Å². The fraction of sp³-hybridized carbons (Fsp3) is 1.00. The molecule has 7 nitrogen and oxygen atoms in total. The van der Waals surface area contributed by atoms with E-state index in [9.17, 15) is 5.21 Å². The third kappa shape index (κ3) is 5.50. The van der Waals surface area contributed by atoms with Gasteiger partial charge in [-0.3, -0.25) is 4.84 Å². The van der Waals surface area contributed by atoms with Gasteiger partial charge >= 0.3 is 0 Å². The highest BCUT2D eigenvalue weighted by Crippen LogP contribution is 2.15. The molecule has 0 aliphatic carbocycles. The van der Waals surface area contributed by atoms with Crippen LogP contribution in [0.4, 0.5) is 0 Å². The lowest BCUT2D eigenvalue weighted by Gasteiger charge is -2.26. The van der Waals surface area contributed by atoms with E-state index in [2.05, 4.69) is 19.1 Å². The molecule has 1 atom stereocenters. The Morgan fingerprint density at radius 2 is 2.10 bits per heavy atom. The minimum atomic E-state index is -0.295. The number of hydrazine groups is 1. The van der Waals surface area contributed by atoms with E-state index in [0.29, 0.717) is 24.0 Å². The molecule has 0 saturated carbocycles. The Bertz CT molecular complexity index is 328. The summed E-state index contributed by atoms with van der Waals surface area (Å²) in [4.78, 5) is 11.4. The van der Waals surface area contributed by atoms with Gasteiger partial charge in [0, 0.05) is 13.0 Å². The highest BCUT2D eigenvalue weighted by atomic mass is 16.7. The van der Waals surface area contributed by atoms with Gasteiger partial charge in [-0.2, -0.15) is 5.06 Å². The summed E-state index contributed by atoms with van der Waals surface area (Å²) < 4.78 is 0. The molecule has 0 amide bonds. The molecule has 0 spiro atoms. The number of hydrogen-bond donors (Lipinski definition) is 0. The second-order valence-corrected chi connectivity index (χ2v) is 6.62. The molecule has 7 heteroatoms. The van der Waals surface area contributed by atoms with Gasteiger partial charge in [-0.05, 0) is 26.7 Å². The topological polar surface area (TPSA) is 63.4 Å². The maximum absolute atomic E-state index is 11.7. The van der Waals surface area contributed by atoms with Crippen LogP contribution in [-0.2, 0) is 9.68 Å². The average Bonchev–Trinajstić information content (AvgIpc) is 2.79. The molecule has 0 N–H and O–H groups in total. The molecule has 0 aromatic heterocycles. The van der Waals surface area contributed by atoms with E-state index in [0.717, 1.165) is 13.0 Å². The van der Waals surface area contributed by atoms with Gasteiger partial charge in [0.05, 0.1) is 30.7 Å². The molecule has 0 aromatic carbocycles. The van der Waals surface area contributed by atoms with Crippen molar-refractivity contribution >= 4 is 0 Å². The van der Waals surface area contributed by atoms with Gasteiger partial charge in [-0.15, -0.1) is 5.01 Å². The summed E-state index contributed by atoms with van der Waals surface area (Å²) in [6, 6.07) is 0. The average molecular weight is 288 g/mol. The summed E-state index contributed by atoms with van der Waals surface area (Å²) in [6.07, 6.45) is 0.723. The fourth-order valence-electron chi connectivity index (χ4n) is 1.57. The van der Waals surface area contributed by atoms with Gasteiger partial charge < -0.3 is 10.0 Å². The predicted molar refractivity (Wildman–Crippen MR) is 75.4 cm³/mol. The van der Waals surface area contributed by atoms with Gasteiger partial charge in [0.25, 0.3) is 0 Å². The number of nitrogens with zero attached hydrogens (tertiary/aromatic N) is 4. The maximum atomic E-state index is 11.7. The maximum Gasteiger partial charge on any atom is 0.233 e. The first-order valence-corrected chi connectivity index (χ1v) is 7.15. The normalized spacial score (nSPS) is 21.6. The zero-order valence-corrected chi connectivity index (χ0v) is 13.5. The molecule has 20 heavy (non-hydrogen) atoms. The van der Waals surface area contributed by atoms with Crippen molar-refractivity contribution in [1.29, 1.82) is 0 Å². The van der Waals surface area contributed by atoms with Crippen LogP contribution in [0.3, 0.4) is 0 Å². The van der Waals surface area contributed by atoms with E-state index < -0.39 is 0 Å². The van der Waals surface area contributed by atoms with Crippen LogP contribution >= 0.6 is 0 Å². The van der Waals surface area contributed by atoms with Crippen LogP contribution in [0.2, 0.25) is 0 Å². The number of hydrogen-bond acceptors (Lipinski definition) is 5. The smallest absolute Gasteiger partial charge is 0.233 e. The molecule has 1 saturated heterocycles. The summed E-state index contributed by atoms with van der Waals surface area (Å²) >= 11 is 0. The molecule has 1 aliphatic heterocycles. The molecule has 118 valence electrons. The van der Waals surface area contributed by atoms with E-state index >= 15 is 0 Å². The number of rotatable bonds is 6. The van der Waals surface area contributed by atoms with Crippen molar-refractivity contribution in [3.05, 3.63) is 5.21 Å². The molecule has 1 heterocycles. The summed E-state index contributed by atoms with van der Waals surface area (Å²) in [5.41, 5.74) is -0.295. The number of hydroxylamine groups is 2. The zero-order chi connectivity index (χ0) is 15.3. The molecular weight excluding hydrogens is 260 g/mol. The van der Waals surface area contributed by atoms with E-state index in [1.54, 1.807) is 7.05 Å². The lowest BCUT2D eigenvalue weighted by Crippen LogP contribution is -2.42. The van der Waals surface area contributed by atoms with Crippen LogP contribution in [0.15, 0.2) is 5.28 Å². The molecule has 0 radical (unpaired) electrons. The Hall–Kier alpha value is -1.08. The van der Waals surface area contributed by atoms with Crippen molar-refractivity contribution in [3.8, 4) is 0 Å². The summed E-state index contributed by atoms with van der Waals surface area (Å²) in [7, 11) is 1.69. The molecule has 1 rings (SSSR count). The SMILES string of the molecule is CC(C)CON1CCC(ON=[N+]([O-])N(C)C(C)(C)C)C1. The van der Waals surface area contributed by atoms with Crippen LogP contribution < -0.4 is 0 Å². The van der Waals surface area contributed by atoms with Crippen molar-refractivity contribution in [2.75, 3.05) is 26.7 Å². The summed E-state index contributed by atoms with van der Waals surface area (Å²) in [5.74, 6) is 0.497. The van der Waals surface area contributed by atoms with Crippen molar-refractivity contribution in [1.82, 2.24) is 10.1 Å². The lowest BCUT2D eigenvalue weighted by atomic mass is 10.1. The van der Waals surface area contributed by atoms with Gasteiger partial charge in [-0.25, -0.2) is 0 Å². The quantitative estimate of drug-likeness (QED) is 0.426. The third-order valence-corrected chi connectivity index (χ3v) is 3.19. The largest absolute Gasteiger partial charge is 0.569 e. The van der Waals surface area contributed by atoms with Crippen LogP contribution in [0.5, 0.6) is 0 Å². The highest BCUT2D eigenvalue weighted by molar-refractivity contribution is 4.70. The Labute approximate surface area is 121 Å². The molecule has 1 unspecified atom stereocenters. The Morgan fingerprint density at radius 3 is 2.65 bits per heavy atom. The van der Waals surface area contributed by atoms with Crippen LogP contribution in [0.1, 0.15) is 41.0 Å². The molecule has 0 aromatic rings. The first-order chi connectivity index (χ1) is 9.20. The third-order valence-electron chi connectivity index (χ3n) is 3.19. The van der Waals surface area contributed by atoms with Gasteiger partial charge in [0.15, 0.2) is 0 Å². The van der Waals surface area contributed by atoms with Crippen molar-refractivity contribution < 1.29 is 14.6 Å². The zero-order valence-electron chi connectivity index (χ0n) is 13.5. The Morgan fingerprint density at radius 1 is 1.45 bits per heavy atom. The van der Waals surface area contributed by atoms with Crippen molar-refractivity contribution in [3.63, 3.8) is 0 Å². The van der Waals surface area contributed by atoms with Crippen LogP contribution in [0.25, 0.3) is 0 Å². The first-order valence-electron chi connectivity index (χ1n) is 7.15. The van der Waals surface area contributed by atoms with E-state index in [4.69, 9.17) is 9.68 Å². The molecule has 0 bridgehead atoms. The van der Waals surface area contributed by atoms with Gasteiger partial charge in [0.1, 0.15) is 6.10 Å². The molecular formula is C13H28N4O3. The predicted octanol–water partition coefficient (Wildman–Crippen LogP) is 2.19. The van der Waals surface area contributed by atoms with Crippen molar-refractivity contribution in [2.24, 2.45) is 11.2 Å². The Balaban J connectivity index is 2.36. The van der Waals surface area contributed by atoms with E-state index in [-0.39, 0.29) is 11.6 Å². The van der Waals surface area contributed by atoms with Crippen LogP contribution in [-0.4, -0.2) is 53.4 Å². The fourth-order valence-corrected chi connectivity index (χ4v) is 1.57. The lowest BCUT2D eigenvalue weighted by molar-refractivity contribution is -0.720. The van der Waals surface area contributed by atoms with Gasteiger partial charge in [0.2, 0.25) is 5.28 Å².